The van der Waals surface area contributed by atoms with Gasteiger partial charge >= 0.3 is 0 Å². The van der Waals surface area contributed by atoms with Crippen molar-refractivity contribution in [3.05, 3.63) is 60.2 Å². The molecule has 0 atom stereocenters. The van der Waals surface area contributed by atoms with E-state index in [1.807, 2.05) is 18.2 Å². The Bertz CT molecular complexity index is 745. The lowest BCUT2D eigenvalue weighted by atomic mass is 10.1. The van der Waals surface area contributed by atoms with Gasteiger partial charge in [-0.3, -0.25) is 0 Å². The number of anilines is 1. The van der Waals surface area contributed by atoms with Gasteiger partial charge in [0.15, 0.2) is 5.11 Å². The summed E-state index contributed by atoms with van der Waals surface area (Å²) in [6, 6.07) is 16.4. The van der Waals surface area contributed by atoms with E-state index in [2.05, 4.69) is 22.8 Å². The molecule has 0 saturated carbocycles. The molecule has 2 aromatic carbocycles. The number of benzene rings is 2. The van der Waals surface area contributed by atoms with Gasteiger partial charge in [0.1, 0.15) is 0 Å². The lowest BCUT2D eigenvalue weighted by Crippen LogP contribution is -2.29. The number of thiocarbonyl (C=S) groups is 1. The molecular weight excluding hydrogens is 330 g/mol. The summed E-state index contributed by atoms with van der Waals surface area (Å²) in [5, 5.41) is 11.7. The van der Waals surface area contributed by atoms with Crippen LogP contribution >= 0.6 is 12.2 Å². The molecule has 0 aromatic heterocycles. The highest BCUT2D eigenvalue weighted by Crippen LogP contribution is 2.12. The molecule has 4 N–H and O–H groups in total. The van der Waals surface area contributed by atoms with E-state index in [1.54, 1.807) is 12.1 Å². The zero-order chi connectivity index (χ0) is 16.7. The van der Waals surface area contributed by atoms with Crippen LogP contribution in [0.3, 0.4) is 0 Å². The van der Waals surface area contributed by atoms with Crippen molar-refractivity contribution in [3.63, 3.8) is 0 Å². The molecule has 2 aromatic rings. The molecule has 23 heavy (non-hydrogen) atoms. The van der Waals surface area contributed by atoms with Crippen LogP contribution in [0.15, 0.2) is 59.5 Å². The molecule has 2 rings (SSSR count). The second kappa shape index (κ2) is 8.05. The Labute approximate surface area is 142 Å². The molecule has 0 aliphatic heterocycles. The van der Waals surface area contributed by atoms with Crippen LogP contribution in [-0.4, -0.2) is 20.1 Å². The van der Waals surface area contributed by atoms with Crippen molar-refractivity contribution in [2.75, 3.05) is 11.9 Å². The molecule has 0 bridgehead atoms. The summed E-state index contributed by atoms with van der Waals surface area (Å²) in [4.78, 5) is 0.0739. The number of hydrogen-bond donors (Lipinski definition) is 3. The maximum absolute atomic E-state index is 11.2. The van der Waals surface area contributed by atoms with E-state index in [-0.39, 0.29) is 4.90 Å². The van der Waals surface area contributed by atoms with Gasteiger partial charge in [-0.1, -0.05) is 30.3 Å². The van der Waals surface area contributed by atoms with E-state index < -0.39 is 10.0 Å². The molecule has 0 heterocycles. The molecule has 0 unspecified atom stereocenters. The van der Waals surface area contributed by atoms with Gasteiger partial charge in [0.2, 0.25) is 10.0 Å². The van der Waals surface area contributed by atoms with Gasteiger partial charge in [-0.05, 0) is 54.9 Å². The lowest BCUT2D eigenvalue weighted by molar-refractivity contribution is 0.598. The van der Waals surface area contributed by atoms with Crippen molar-refractivity contribution < 1.29 is 8.42 Å². The van der Waals surface area contributed by atoms with E-state index in [0.29, 0.717) is 10.8 Å². The Hall–Kier alpha value is -1.96. The van der Waals surface area contributed by atoms with Crippen LogP contribution in [-0.2, 0) is 16.4 Å². The summed E-state index contributed by atoms with van der Waals surface area (Å²) in [6.45, 7) is 0.760. The van der Waals surface area contributed by atoms with Crippen LogP contribution in [0.1, 0.15) is 12.0 Å². The Kier molecular flexibility index (Phi) is 6.09. The zero-order valence-electron chi connectivity index (χ0n) is 12.5. The Morgan fingerprint density at radius 1 is 1.04 bits per heavy atom. The smallest absolute Gasteiger partial charge is 0.238 e. The summed E-state index contributed by atoms with van der Waals surface area (Å²) in [7, 11) is -3.67. The fourth-order valence-electron chi connectivity index (χ4n) is 2.04. The maximum atomic E-state index is 11.2. The minimum atomic E-state index is -3.67. The first-order valence-electron chi connectivity index (χ1n) is 7.17. The quantitative estimate of drug-likeness (QED) is 0.550. The number of primary sulfonamides is 1. The molecular formula is C16H19N3O2S2. The maximum Gasteiger partial charge on any atom is 0.238 e. The highest BCUT2D eigenvalue weighted by molar-refractivity contribution is 7.89. The minimum Gasteiger partial charge on any atom is -0.362 e. The third kappa shape index (κ3) is 5.97. The van der Waals surface area contributed by atoms with Crippen LogP contribution in [0.4, 0.5) is 5.69 Å². The SMILES string of the molecule is NS(=O)(=O)c1ccc(NC(=S)NCCCc2ccccc2)cc1. The monoisotopic (exact) mass is 349 g/mol. The number of nitrogens with one attached hydrogen (secondary N) is 2. The van der Waals surface area contributed by atoms with Crippen molar-refractivity contribution >= 4 is 33.0 Å². The summed E-state index contributed by atoms with van der Waals surface area (Å²) >= 11 is 5.21. The normalized spacial score (nSPS) is 11.0. The first-order valence-corrected chi connectivity index (χ1v) is 9.12. The molecule has 0 aliphatic rings. The van der Waals surface area contributed by atoms with Crippen molar-refractivity contribution in [2.24, 2.45) is 5.14 Å². The first-order chi connectivity index (χ1) is 10.9. The lowest BCUT2D eigenvalue weighted by Gasteiger charge is -2.11. The third-order valence-electron chi connectivity index (χ3n) is 3.21. The number of hydrogen-bond acceptors (Lipinski definition) is 3. The van der Waals surface area contributed by atoms with Crippen molar-refractivity contribution in [1.82, 2.24) is 5.32 Å². The van der Waals surface area contributed by atoms with Gasteiger partial charge < -0.3 is 10.6 Å². The molecule has 0 fully saturated rings. The molecule has 122 valence electrons. The number of sulfonamides is 1. The van der Waals surface area contributed by atoms with E-state index in [4.69, 9.17) is 17.4 Å². The van der Waals surface area contributed by atoms with E-state index >= 15 is 0 Å². The van der Waals surface area contributed by atoms with Gasteiger partial charge in [0.05, 0.1) is 4.90 Å². The summed E-state index contributed by atoms with van der Waals surface area (Å²) in [5.41, 5.74) is 2.00. The second-order valence-electron chi connectivity index (χ2n) is 5.04. The zero-order valence-corrected chi connectivity index (χ0v) is 14.2. The molecule has 0 radical (unpaired) electrons. The largest absolute Gasteiger partial charge is 0.362 e. The second-order valence-corrected chi connectivity index (χ2v) is 7.01. The van der Waals surface area contributed by atoms with Crippen LogP contribution in [0.25, 0.3) is 0 Å². The molecule has 5 nitrogen and oxygen atoms in total. The summed E-state index contributed by atoms with van der Waals surface area (Å²) in [5.74, 6) is 0. The average Bonchev–Trinajstić information content (AvgIpc) is 2.52. The fraction of sp³-hybridized carbons (Fsp3) is 0.188. The molecule has 0 saturated heterocycles. The average molecular weight is 349 g/mol. The highest BCUT2D eigenvalue weighted by Gasteiger charge is 2.06. The number of aryl methyl sites for hydroxylation is 1. The van der Waals surface area contributed by atoms with Gasteiger partial charge in [0.25, 0.3) is 0 Å². The summed E-state index contributed by atoms with van der Waals surface area (Å²) < 4.78 is 22.4. The van der Waals surface area contributed by atoms with E-state index in [9.17, 15) is 8.42 Å². The fourth-order valence-corrected chi connectivity index (χ4v) is 2.78. The van der Waals surface area contributed by atoms with Crippen LogP contribution < -0.4 is 15.8 Å². The van der Waals surface area contributed by atoms with Gasteiger partial charge in [-0.2, -0.15) is 0 Å². The summed E-state index contributed by atoms with van der Waals surface area (Å²) in [6.07, 6.45) is 1.95. The van der Waals surface area contributed by atoms with Gasteiger partial charge in [0, 0.05) is 12.2 Å². The predicted molar refractivity (Wildman–Crippen MR) is 96.8 cm³/mol. The van der Waals surface area contributed by atoms with Crippen molar-refractivity contribution in [2.45, 2.75) is 17.7 Å². The first kappa shape index (κ1) is 17.4. The Morgan fingerprint density at radius 2 is 1.70 bits per heavy atom. The molecule has 0 amide bonds. The Morgan fingerprint density at radius 3 is 2.30 bits per heavy atom. The number of nitrogens with two attached hydrogens (primary N) is 1. The van der Waals surface area contributed by atoms with E-state index in [0.717, 1.165) is 19.4 Å². The number of rotatable bonds is 6. The minimum absolute atomic E-state index is 0.0739. The van der Waals surface area contributed by atoms with Crippen LogP contribution in [0, 0.1) is 0 Å². The van der Waals surface area contributed by atoms with Crippen molar-refractivity contribution in [3.8, 4) is 0 Å². The Balaban J connectivity index is 1.74. The molecule has 0 aliphatic carbocycles. The van der Waals surface area contributed by atoms with E-state index in [1.165, 1.54) is 17.7 Å². The van der Waals surface area contributed by atoms with Crippen LogP contribution in [0.5, 0.6) is 0 Å². The van der Waals surface area contributed by atoms with Crippen molar-refractivity contribution in [1.29, 1.82) is 0 Å². The van der Waals surface area contributed by atoms with Gasteiger partial charge in [-0.15, -0.1) is 0 Å². The third-order valence-corrected chi connectivity index (χ3v) is 4.39. The van der Waals surface area contributed by atoms with Gasteiger partial charge in [-0.25, -0.2) is 13.6 Å². The topological polar surface area (TPSA) is 84.2 Å². The standard InChI is InChI=1S/C16H19N3O2S2/c17-23(20,21)15-10-8-14(9-11-15)19-16(22)18-12-4-7-13-5-2-1-3-6-13/h1-3,5-6,8-11H,4,7,12H2,(H2,17,20,21)(H2,18,19,22). The highest BCUT2D eigenvalue weighted by atomic mass is 32.2. The van der Waals surface area contributed by atoms with Crippen LogP contribution in [0.2, 0.25) is 0 Å². The molecule has 7 heteroatoms. The molecule has 0 spiro atoms. The predicted octanol–water partition coefficient (Wildman–Crippen LogP) is 2.25.